The number of aryl methyl sites for hydroxylation is 2. The van der Waals surface area contributed by atoms with Crippen molar-refractivity contribution in [2.24, 2.45) is 5.92 Å². The Morgan fingerprint density at radius 2 is 1.68 bits per heavy atom. The number of benzene rings is 2. The fourth-order valence-corrected chi connectivity index (χ4v) is 4.05. The van der Waals surface area contributed by atoms with Gasteiger partial charge in [-0.1, -0.05) is 13.0 Å². The number of hydrogen-bond acceptors (Lipinski definition) is 4. The molecule has 3 N–H and O–H groups in total. The van der Waals surface area contributed by atoms with Crippen LogP contribution in [0.25, 0.3) is 0 Å². The van der Waals surface area contributed by atoms with Crippen molar-refractivity contribution in [2.75, 3.05) is 48.4 Å². The van der Waals surface area contributed by atoms with E-state index in [1.54, 1.807) is 6.07 Å². The van der Waals surface area contributed by atoms with Crippen LogP contribution in [0.15, 0.2) is 36.4 Å². The third kappa shape index (κ3) is 7.22. The van der Waals surface area contributed by atoms with Gasteiger partial charge in [0.25, 0.3) is 5.91 Å². The zero-order chi connectivity index (χ0) is 24.5. The Bertz CT molecular complexity index is 984. The van der Waals surface area contributed by atoms with Gasteiger partial charge in [-0.2, -0.15) is 0 Å². The zero-order valence-corrected chi connectivity index (χ0v) is 20.9. The van der Waals surface area contributed by atoms with Crippen molar-refractivity contribution in [3.63, 3.8) is 0 Å². The summed E-state index contributed by atoms with van der Waals surface area (Å²) < 4.78 is 5.36. The molecule has 3 rings (SSSR count). The van der Waals surface area contributed by atoms with Crippen molar-refractivity contribution in [1.29, 1.82) is 0 Å². The number of amides is 3. The van der Waals surface area contributed by atoms with Gasteiger partial charge in [0.2, 0.25) is 0 Å². The second-order valence-electron chi connectivity index (χ2n) is 9.09. The van der Waals surface area contributed by atoms with E-state index in [-0.39, 0.29) is 11.9 Å². The van der Waals surface area contributed by atoms with E-state index < -0.39 is 0 Å². The molecule has 7 nitrogen and oxygen atoms in total. The third-order valence-corrected chi connectivity index (χ3v) is 6.34. The van der Waals surface area contributed by atoms with Gasteiger partial charge in [0, 0.05) is 49.9 Å². The van der Waals surface area contributed by atoms with Gasteiger partial charge in [-0.05, 0) is 87.4 Å². The summed E-state index contributed by atoms with van der Waals surface area (Å²) >= 11 is 0. The number of nitrogens with zero attached hydrogens (tertiary/aromatic N) is 1. The Balaban J connectivity index is 1.73. The summed E-state index contributed by atoms with van der Waals surface area (Å²) in [6.07, 6.45) is 2.97. The summed E-state index contributed by atoms with van der Waals surface area (Å²) in [4.78, 5) is 28.0. The van der Waals surface area contributed by atoms with E-state index >= 15 is 0 Å². The maximum atomic E-state index is 13.1. The molecule has 1 heterocycles. The Morgan fingerprint density at radius 3 is 2.35 bits per heavy atom. The predicted octanol–water partition coefficient (Wildman–Crippen LogP) is 5.34. The van der Waals surface area contributed by atoms with Gasteiger partial charge in [0.1, 0.15) is 0 Å². The molecule has 0 radical (unpaired) electrons. The minimum Gasteiger partial charge on any atom is -0.382 e. The van der Waals surface area contributed by atoms with Crippen molar-refractivity contribution < 1.29 is 14.3 Å². The summed E-state index contributed by atoms with van der Waals surface area (Å²) in [7, 11) is 0. The third-order valence-electron chi connectivity index (χ3n) is 6.34. The largest absolute Gasteiger partial charge is 0.382 e. The highest BCUT2D eigenvalue weighted by Crippen LogP contribution is 2.29. The van der Waals surface area contributed by atoms with Crippen molar-refractivity contribution in [1.82, 2.24) is 5.32 Å². The number of carbonyl (C=O) groups excluding carboxylic acids is 2. The first kappa shape index (κ1) is 25.6. The molecule has 1 aliphatic heterocycles. The smallest absolute Gasteiger partial charge is 0.323 e. The molecule has 0 atom stereocenters. The van der Waals surface area contributed by atoms with Crippen LogP contribution in [0.4, 0.5) is 21.9 Å². The van der Waals surface area contributed by atoms with Gasteiger partial charge in [-0.15, -0.1) is 0 Å². The van der Waals surface area contributed by atoms with Gasteiger partial charge in [-0.3, -0.25) is 4.79 Å². The minimum absolute atomic E-state index is 0.136. The Kier molecular flexibility index (Phi) is 9.33. The van der Waals surface area contributed by atoms with Crippen LogP contribution in [0, 0.1) is 19.8 Å². The maximum Gasteiger partial charge on any atom is 0.323 e. The Hall–Kier alpha value is -3.06. The lowest BCUT2D eigenvalue weighted by Gasteiger charge is -2.33. The molecular weight excluding hydrogens is 428 g/mol. The molecule has 0 spiro atoms. The standard InChI is InChI=1S/C27H38N4O3/c1-5-34-16-6-13-28-26(32)24-18-23(9-10-25(24)31-14-11-19(2)12-15-31)30-27(33)29-22-8-7-20(3)21(4)17-22/h7-10,17-19H,5-6,11-16H2,1-4H3,(H,28,32)(H2,29,30,33). The number of rotatable bonds is 9. The van der Waals surface area contributed by atoms with Crippen molar-refractivity contribution in [3.8, 4) is 0 Å². The number of urea groups is 1. The molecule has 0 bridgehead atoms. The summed E-state index contributed by atoms with van der Waals surface area (Å²) in [6, 6.07) is 11.0. The van der Waals surface area contributed by atoms with Gasteiger partial charge in [0.05, 0.1) is 5.56 Å². The average Bonchev–Trinajstić information content (AvgIpc) is 2.82. The number of piperidine rings is 1. The number of carbonyl (C=O) groups is 2. The van der Waals surface area contributed by atoms with E-state index in [4.69, 9.17) is 4.74 Å². The zero-order valence-electron chi connectivity index (χ0n) is 20.9. The highest BCUT2D eigenvalue weighted by molar-refractivity contribution is 6.04. The summed E-state index contributed by atoms with van der Waals surface area (Å²) in [5.74, 6) is 0.561. The number of ether oxygens (including phenoxy) is 1. The van der Waals surface area contributed by atoms with E-state index in [1.807, 2.05) is 51.1 Å². The molecule has 0 saturated carbocycles. The second kappa shape index (κ2) is 12.4. The normalized spacial score (nSPS) is 14.1. The summed E-state index contributed by atoms with van der Waals surface area (Å²) in [6.45, 7) is 11.9. The first-order chi connectivity index (χ1) is 16.4. The first-order valence-electron chi connectivity index (χ1n) is 12.3. The second-order valence-corrected chi connectivity index (χ2v) is 9.09. The average molecular weight is 467 g/mol. The van der Waals surface area contributed by atoms with E-state index in [0.717, 1.165) is 49.3 Å². The number of nitrogens with one attached hydrogen (secondary N) is 3. The maximum absolute atomic E-state index is 13.1. The van der Waals surface area contributed by atoms with Crippen LogP contribution < -0.4 is 20.9 Å². The first-order valence-corrected chi connectivity index (χ1v) is 12.3. The molecule has 184 valence electrons. The molecular formula is C27H38N4O3. The van der Waals surface area contributed by atoms with Crippen LogP contribution in [-0.4, -0.2) is 44.8 Å². The SMILES string of the molecule is CCOCCCNC(=O)c1cc(NC(=O)Nc2ccc(C)c(C)c2)ccc1N1CCC(C)CC1. The van der Waals surface area contributed by atoms with E-state index in [1.165, 1.54) is 5.56 Å². The van der Waals surface area contributed by atoms with Crippen LogP contribution in [-0.2, 0) is 4.74 Å². The quantitative estimate of drug-likeness (QED) is 0.436. The highest BCUT2D eigenvalue weighted by Gasteiger charge is 2.22. The van der Waals surface area contributed by atoms with Crippen LogP contribution in [0.3, 0.4) is 0 Å². The van der Waals surface area contributed by atoms with Crippen LogP contribution in [0.1, 0.15) is 54.6 Å². The highest BCUT2D eigenvalue weighted by atomic mass is 16.5. The lowest BCUT2D eigenvalue weighted by atomic mass is 9.98. The molecule has 2 aromatic carbocycles. The van der Waals surface area contributed by atoms with E-state index in [0.29, 0.717) is 36.9 Å². The van der Waals surface area contributed by atoms with Gasteiger partial charge < -0.3 is 25.6 Å². The molecule has 34 heavy (non-hydrogen) atoms. The van der Waals surface area contributed by atoms with Gasteiger partial charge in [-0.25, -0.2) is 4.79 Å². The van der Waals surface area contributed by atoms with E-state index in [9.17, 15) is 9.59 Å². The number of anilines is 3. The van der Waals surface area contributed by atoms with Crippen molar-refractivity contribution >= 4 is 29.0 Å². The van der Waals surface area contributed by atoms with Crippen LogP contribution in [0.5, 0.6) is 0 Å². The molecule has 1 aliphatic rings. The topological polar surface area (TPSA) is 82.7 Å². The monoisotopic (exact) mass is 466 g/mol. The molecule has 0 aromatic heterocycles. The fraction of sp³-hybridized carbons (Fsp3) is 0.481. The molecule has 1 saturated heterocycles. The lowest BCUT2D eigenvalue weighted by molar-refractivity contribution is 0.0944. The van der Waals surface area contributed by atoms with Crippen molar-refractivity contribution in [3.05, 3.63) is 53.1 Å². The minimum atomic E-state index is -0.342. The number of hydrogen-bond donors (Lipinski definition) is 3. The van der Waals surface area contributed by atoms with Crippen LogP contribution in [0.2, 0.25) is 0 Å². The molecule has 0 aliphatic carbocycles. The fourth-order valence-electron chi connectivity index (χ4n) is 4.05. The molecule has 1 fully saturated rings. The molecule has 0 unspecified atom stereocenters. The molecule has 3 amide bonds. The lowest BCUT2D eigenvalue weighted by Crippen LogP contribution is -2.35. The van der Waals surface area contributed by atoms with E-state index in [2.05, 4.69) is 27.8 Å². The molecule has 7 heteroatoms. The Labute approximate surface area is 203 Å². The summed E-state index contributed by atoms with van der Waals surface area (Å²) in [5, 5.41) is 8.75. The summed E-state index contributed by atoms with van der Waals surface area (Å²) in [5.41, 5.74) is 5.08. The van der Waals surface area contributed by atoms with Crippen LogP contribution >= 0.6 is 0 Å². The van der Waals surface area contributed by atoms with Crippen molar-refractivity contribution in [2.45, 2.75) is 47.0 Å². The van der Waals surface area contributed by atoms with Gasteiger partial charge >= 0.3 is 6.03 Å². The van der Waals surface area contributed by atoms with Gasteiger partial charge in [0.15, 0.2) is 0 Å². The predicted molar refractivity (Wildman–Crippen MR) is 139 cm³/mol. The Morgan fingerprint density at radius 1 is 1.00 bits per heavy atom. The molecule has 2 aromatic rings.